The first kappa shape index (κ1) is 20.7. The molecule has 2 aromatic carbocycles. The Morgan fingerprint density at radius 1 is 1.17 bits per heavy atom. The molecule has 1 aliphatic rings. The average Bonchev–Trinajstić information content (AvgIpc) is 2.67. The summed E-state index contributed by atoms with van der Waals surface area (Å²) in [6.45, 7) is 6.26. The zero-order chi connectivity index (χ0) is 21.4. The van der Waals surface area contributed by atoms with Crippen LogP contribution in [-0.2, 0) is 4.79 Å². The minimum atomic E-state index is -0.592. The van der Waals surface area contributed by atoms with Gasteiger partial charge in [-0.15, -0.1) is 0 Å². The summed E-state index contributed by atoms with van der Waals surface area (Å²) in [5.74, 6) is -0.536. The lowest BCUT2D eigenvalue weighted by molar-refractivity contribution is -0.125. The van der Waals surface area contributed by atoms with Crippen LogP contribution in [0.25, 0.3) is 10.8 Å². The van der Waals surface area contributed by atoms with Crippen LogP contribution in [0.3, 0.4) is 0 Å². The summed E-state index contributed by atoms with van der Waals surface area (Å²) < 4.78 is 13.3. The van der Waals surface area contributed by atoms with Gasteiger partial charge in [0.1, 0.15) is 11.9 Å². The maximum atomic E-state index is 13.3. The molecule has 0 bridgehead atoms. The van der Waals surface area contributed by atoms with Crippen LogP contribution in [-0.4, -0.2) is 30.2 Å². The number of carbonyl (C=O) groups excluding carboxylic acids is 2. The number of hydrogen-bond acceptors (Lipinski definition) is 3. The maximum Gasteiger partial charge on any atom is 0.253 e. The van der Waals surface area contributed by atoms with Crippen molar-refractivity contribution in [1.82, 2.24) is 4.90 Å². The van der Waals surface area contributed by atoms with Gasteiger partial charge in [-0.3, -0.25) is 9.59 Å². The second-order valence-electron chi connectivity index (χ2n) is 8.90. The second kappa shape index (κ2) is 7.44. The third-order valence-corrected chi connectivity index (χ3v) is 5.73. The molecular weight excluding hydrogens is 367 g/mol. The van der Waals surface area contributed by atoms with Crippen molar-refractivity contribution in [1.29, 1.82) is 5.26 Å². The van der Waals surface area contributed by atoms with Gasteiger partial charge in [0.05, 0.1) is 5.57 Å². The number of ketones is 1. The maximum absolute atomic E-state index is 13.3. The van der Waals surface area contributed by atoms with Crippen LogP contribution in [0.15, 0.2) is 48.0 Å². The van der Waals surface area contributed by atoms with Crippen molar-refractivity contribution >= 4 is 22.5 Å². The van der Waals surface area contributed by atoms with E-state index < -0.39 is 5.41 Å². The molecule has 0 heterocycles. The molecule has 1 atom stereocenters. The Morgan fingerprint density at radius 3 is 2.52 bits per heavy atom. The first-order valence-corrected chi connectivity index (χ1v) is 9.67. The van der Waals surface area contributed by atoms with Crippen molar-refractivity contribution in [2.24, 2.45) is 10.8 Å². The van der Waals surface area contributed by atoms with Crippen LogP contribution in [0, 0.1) is 28.0 Å². The van der Waals surface area contributed by atoms with Crippen LogP contribution < -0.4 is 0 Å². The minimum absolute atomic E-state index is 0.115. The van der Waals surface area contributed by atoms with Gasteiger partial charge < -0.3 is 4.90 Å². The third-order valence-electron chi connectivity index (χ3n) is 5.73. The Hall–Kier alpha value is -3.00. The number of nitriles is 1. The Balaban J connectivity index is 1.75. The highest BCUT2D eigenvalue weighted by molar-refractivity contribution is 6.03. The normalized spacial score (nSPS) is 20.8. The summed E-state index contributed by atoms with van der Waals surface area (Å²) in [7, 11) is 1.74. The van der Waals surface area contributed by atoms with Crippen LogP contribution >= 0.6 is 0 Å². The molecule has 150 valence electrons. The lowest BCUT2D eigenvalue weighted by Gasteiger charge is -2.39. The number of hydrogen-bond donors (Lipinski definition) is 0. The number of rotatable bonds is 4. The number of Topliss-reactive ketones (excluding diaryl/α,β-unsaturated/α-hetero) is 1. The molecule has 0 saturated carbocycles. The number of benzene rings is 2. The molecular formula is C24H25FN2O2. The molecule has 5 heteroatoms. The van der Waals surface area contributed by atoms with Gasteiger partial charge in [0.2, 0.25) is 0 Å². The molecule has 1 amide bonds. The van der Waals surface area contributed by atoms with Crippen LogP contribution in [0.4, 0.5) is 4.39 Å². The quantitative estimate of drug-likeness (QED) is 0.744. The van der Waals surface area contributed by atoms with E-state index in [1.807, 2.05) is 26.8 Å². The smallest absolute Gasteiger partial charge is 0.253 e. The number of halogens is 1. The molecule has 4 nitrogen and oxygen atoms in total. The Morgan fingerprint density at radius 2 is 1.83 bits per heavy atom. The standard InChI is InChI=1S/C24H25FN2O2/c1-23(2)15-24(3,13-19(14-26)21(23)28)9-10-27(4)22(29)18-6-5-17-12-20(25)8-7-16(17)11-18/h5-8,11-13H,9-10,15H2,1-4H3/t24-/m1/s1. The molecule has 0 radical (unpaired) electrons. The summed E-state index contributed by atoms with van der Waals surface area (Å²) in [6.07, 6.45) is 3.05. The Bertz CT molecular complexity index is 1060. The molecule has 1 aliphatic carbocycles. The van der Waals surface area contributed by atoms with E-state index >= 15 is 0 Å². The van der Waals surface area contributed by atoms with Gasteiger partial charge in [0.15, 0.2) is 5.78 Å². The summed E-state index contributed by atoms with van der Waals surface area (Å²) in [4.78, 5) is 26.9. The van der Waals surface area contributed by atoms with E-state index in [1.54, 1.807) is 42.3 Å². The number of allylic oxidation sites excluding steroid dienone is 2. The van der Waals surface area contributed by atoms with Gasteiger partial charge in [-0.25, -0.2) is 4.39 Å². The SMILES string of the molecule is CN(CC[C@]1(C)C=C(C#N)C(=O)C(C)(C)C1)C(=O)c1ccc2cc(F)ccc2c1. The Labute approximate surface area is 170 Å². The molecule has 0 saturated heterocycles. The number of fused-ring (bicyclic) bond motifs is 1. The van der Waals surface area contributed by atoms with Gasteiger partial charge in [-0.2, -0.15) is 5.26 Å². The van der Waals surface area contributed by atoms with Crippen molar-refractivity contribution in [2.75, 3.05) is 13.6 Å². The summed E-state index contributed by atoms with van der Waals surface area (Å²) in [6, 6.07) is 11.7. The van der Waals surface area contributed by atoms with E-state index in [9.17, 15) is 19.2 Å². The Kier molecular flexibility index (Phi) is 5.32. The molecule has 0 N–H and O–H groups in total. The minimum Gasteiger partial charge on any atom is -0.342 e. The van der Waals surface area contributed by atoms with Crippen LogP contribution in [0.2, 0.25) is 0 Å². The predicted octanol–water partition coefficient (Wildman–Crippen LogP) is 4.90. The van der Waals surface area contributed by atoms with Crippen molar-refractivity contribution in [3.05, 3.63) is 59.4 Å². The van der Waals surface area contributed by atoms with E-state index in [1.165, 1.54) is 12.1 Å². The lowest BCUT2D eigenvalue weighted by Crippen LogP contribution is -2.39. The van der Waals surface area contributed by atoms with Gasteiger partial charge >= 0.3 is 0 Å². The molecule has 0 fully saturated rings. The highest BCUT2D eigenvalue weighted by Gasteiger charge is 2.42. The monoisotopic (exact) mass is 392 g/mol. The fraction of sp³-hybridized carbons (Fsp3) is 0.375. The molecule has 0 aliphatic heterocycles. The largest absolute Gasteiger partial charge is 0.342 e. The van der Waals surface area contributed by atoms with E-state index in [2.05, 4.69) is 0 Å². The predicted molar refractivity (Wildman–Crippen MR) is 111 cm³/mol. The van der Waals surface area contributed by atoms with E-state index in [0.717, 1.165) is 10.8 Å². The van der Waals surface area contributed by atoms with E-state index in [-0.39, 0.29) is 28.5 Å². The first-order valence-electron chi connectivity index (χ1n) is 9.67. The summed E-state index contributed by atoms with van der Waals surface area (Å²) >= 11 is 0. The van der Waals surface area contributed by atoms with Crippen molar-refractivity contribution in [3.8, 4) is 6.07 Å². The van der Waals surface area contributed by atoms with Crippen LogP contribution in [0.1, 0.15) is 44.0 Å². The summed E-state index contributed by atoms with van der Waals surface area (Å²) in [5, 5.41) is 10.9. The molecule has 3 rings (SSSR count). The topological polar surface area (TPSA) is 61.2 Å². The zero-order valence-electron chi connectivity index (χ0n) is 17.3. The van der Waals surface area contributed by atoms with Crippen molar-refractivity contribution in [2.45, 2.75) is 33.6 Å². The third kappa shape index (κ3) is 4.22. The first-order chi connectivity index (χ1) is 13.5. The number of amides is 1. The fourth-order valence-electron chi connectivity index (χ4n) is 4.26. The molecule has 0 unspecified atom stereocenters. The summed E-state index contributed by atoms with van der Waals surface area (Å²) in [5.41, 5.74) is -0.174. The van der Waals surface area contributed by atoms with Gasteiger partial charge in [0.25, 0.3) is 5.91 Å². The van der Waals surface area contributed by atoms with Gasteiger partial charge in [-0.05, 0) is 53.3 Å². The number of carbonyl (C=O) groups is 2. The van der Waals surface area contributed by atoms with Crippen molar-refractivity contribution in [3.63, 3.8) is 0 Å². The number of nitrogens with zero attached hydrogens (tertiary/aromatic N) is 2. The second-order valence-corrected chi connectivity index (χ2v) is 8.90. The zero-order valence-corrected chi connectivity index (χ0v) is 17.3. The fourth-order valence-corrected chi connectivity index (χ4v) is 4.26. The molecule has 2 aromatic rings. The highest BCUT2D eigenvalue weighted by Crippen LogP contribution is 2.44. The van der Waals surface area contributed by atoms with Crippen molar-refractivity contribution < 1.29 is 14.0 Å². The van der Waals surface area contributed by atoms with E-state index in [0.29, 0.717) is 24.9 Å². The van der Waals surface area contributed by atoms with E-state index in [4.69, 9.17) is 0 Å². The lowest BCUT2D eigenvalue weighted by atomic mass is 9.64. The molecule has 0 spiro atoms. The molecule has 29 heavy (non-hydrogen) atoms. The average molecular weight is 392 g/mol. The van der Waals surface area contributed by atoms with Crippen LogP contribution in [0.5, 0.6) is 0 Å². The van der Waals surface area contributed by atoms with Gasteiger partial charge in [0, 0.05) is 24.6 Å². The van der Waals surface area contributed by atoms with Gasteiger partial charge in [-0.1, -0.05) is 39.0 Å². The highest BCUT2D eigenvalue weighted by atomic mass is 19.1. The molecule has 0 aromatic heterocycles.